The van der Waals surface area contributed by atoms with Crippen molar-refractivity contribution in [3.8, 4) is 6.07 Å². The van der Waals surface area contributed by atoms with Crippen molar-refractivity contribution in [1.82, 2.24) is 0 Å². The predicted octanol–water partition coefficient (Wildman–Crippen LogP) is 2.45. The molecule has 22 heavy (non-hydrogen) atoms. The fourth-order valence-electron chi connectivity index (χ4n) is 2.88. The summed E-state index contributed by atoms with van der Waals surface area (Å²) in [6, 6.07) is 7.79. The van der Waals surface area contributed by atoms with Crippen molar-refractivity contribution in [2.45, 2.75) is 42.8 Å². The van der Waals surface area contributed by atoms with E-state index in [0.717, 1.165) is 12.8 Å². The molecule has 1 aromatic rings. The Kier molecular flexibility index (Phi) is 5.19. The van der Waals surface area contributed by atoms with Crippen molar-refractivity contribution in [2.24, 2.45) is 5.92 Å². The second-order valence-corrected chi connectivity index (χ2v) is 7.53. The Balaban J connectivity index is 2.32. The number of benzene rings is 1. The lowest BCUT2D eigenvalue weighted by molar-refractivity contribution is -0.148. The number of nitriles is 1. The highest BCUT2D eigenvalue weighted by Gasteiger charge is 2.41. The number of ether oxygens (including phenoxy) is 1. The molecule has 2 atom stereocenters. The zero-order chi connectivity index (χ0) is 16.2. The minimum absolute atomic E-state index is 0.160. The molecule has 0 aliphatic heterocycles. The van der Waals surface area contributed by atoms with Crippen molar-refractivity contribution in [1.29, 1.82) is 5.26 Å². The minimum Gasteiger partial charge on any atom is -0.466 e. The van der Waals surface area contributed by atoms with E-state index in [1.807, 2.05) is 6.07 Å². The van der Waals surface area contributed by atoms with Crippen LogP contribution in [0.15, 0.2) is 29.2 Å². The van der Waals surface area contributed by atoms with Crippen LogP contribution in [0.4, 0.5) is 0 Å². The molecule has 2 rings (SSSR count). The number of hydrogen-bond donors (Lipinski definition) is 0. The summed E-state index contributed by atoms with van der Waals surface area (Å²) in [5.74, 6) is -1.03. The summed E-state index contributed by atoms with van der Waals surface area (Å²) in [4.78, 5) is 12.2. The predicted molar refractivity (Wildman–Crippen MR) is 80.7 cm³/mol. The van der Waals surface area contributed by atoms with E-state index in [-0.39, 0.29) is 11.5 Å². The summed E-state index contributed by atoms with van der Waals surface area (Å²) in [5.41, 5.74) is 0.407. The van der Waals surface area contributed by atoms with Crippen LogP contribution in [0.1, 0.15) is 38.2 Å². The summed E-state index contributed by atoms with van der Waals surface area (Å²) in [6.07, 6.45) is 2.63. The second kappa shape index (κ2) is 6.93. The molecule has 0 spiro atoms. The molecule has 0 heterocycles. The maximum atomic E-state index is 12.8. The van der Waals surface area contributed by atoms with E-state index in [0.29, 0.717) is 18.4 Å². The first-order valence-electron chi connectivity index (χ1n) is 7.41. The molecular weight excluding hydrogens is 302 g/mol. The molecule has 6 heteroatoms. The third kappa shape index (κ3) is 3.30. The maximum absolute atomic E-state index is 12.8. The topological polar surface area (TPSA) is 84.2 Å². The lowest BCUT2D eigenvalue weighted by Crippen LogP contribution is -2.38. The van der Waals surface area contributed by atoms with Crippen molar-refractivity contribution in [3.63, 3.8) is 0 Å². The SMILES string of the molecule is CCOC(=O)C1CCCCC1S(=O)(=O)c1ccc(C#N)cc1. The van der Waals surface area contributed by atoms with Crippen LogP contribution < -0.4 is 0 Å². The molecule has 0 radical (unpaired) electrons. The Labute approximate surface area is 130 Å². The molecule has 1 aromatic carbocycles. The zero-order valence-corrected chi connectivity index (χ0v) is 13.3. The molecule has 1 saturated carbocycles. The third-order valence-corrected chi connectivity index (χ3v) is 6.29. The van der Waals surface area contributed by atoms with E-state index in [9.17, 15) is 13.2 Å². The number of hydrogen-bond acceptors (Lipinski definition) is 5. The maximum Gasteiger partial charge on any atom is 0.310 e. The van der Waals surface area contributed by atoms with Gasteiger partial charge in [-0.2, -0.15) is 5.26 Å². The van der Waals surface area contributed by atoms with Gasteiger partial charge in [-0.1, -0.05) is 12.8 Å². The molecule has 5 nitrogen and oxygen atoms in total. The van der Waals surface area contributed by atoms with Gasteiger partial charge in [-0.15, -0.1) is 0 Å². The second-order valence-electron chi connectivity index (χ2n) is 5.36. The van der Waals surface area contributed by atoms with Gasteiger partial charge >= 0.3 is 5.97 Å². The van der Waals surface area contributed by atoms with Gasteiger partial charge in [0.15, 0.2) is 9.84 Å². The molecule has 118 valence electrons. The molecule has 0 N–H and O–H groups in total. The Hall–Kier alpha value is -1.87. The molecule has 2 unspecified atom stereocenters. The minimum atomic E-state index is -3.61. The van der Waals surface area contributed by atoms with E-state index < -0.39 is 27.0 Å². The average Bonchev–Trinajstić information content (AvgIpc) is 2.55. The van der Waals surface area contributed by atoms with Crippen LogP contribution in [0.25, 0.3) is 0 Å². The first-order valence-corrected chi connectivity index (χ1v) is 8.96. The summed E-state index contributed by atoms with van der Waals surface area (Å²) in [7, 11) is -3.61. The number of carbonyl (C=O) groups is 1. The number of rotatable bonds is 4. The molecule has 0 saturated heterocycles. The standard InChI is InChI=1S/C16H19NO4S/c1-2-21-16(18)14-5-3-4-6-15(14)22(19,20)13-9-7-12(11-17)8-10-13/h7-10,14-15H,2-6H2,1H3. The fraction of sp³-hybridized carbons (Fsp3) is 0.500. The van der Waals surface area contributed by atoms with E-state index in [1.54, 1.807) is 6.92 Å². The van der Waals surface area contributed by atoms with Gasteiger partial charge in [-0.3, -0.25) is 4.79 Å². The van der Waals surface area contributed by atoms with Crippen molar-refractivity contribution in [3.05, 3.63) is 29.8 Å². The number of esters is 1. The lowest BCUT2D eigenvalue weighted by Gasteiger charge is -2.29. The van der Waals surface area contributed by atoms with Crippen LogP contribution in [-0.2, 0) is 19.4 Å². The first-order chi connectivity index (χ1) is 10.5. The van der Waals surface area contributed by atoms with Crippen molar-refractivity contribution in [2.75, 3.05) is 6.61 Å². The fourth-order valence-corrected chi connectivity index (χ4v) is 4.90. The smallest absolute Gasteiger partial charge is 0.310 e. The summed E-state index contributed by atoms with van der Waals surface area (Å²) >= 11 is 0. The van der Waals surface area contributed by atoms with Gasteiger partial charge in [0.2, 0.25) is 0 Å². The van der Waals surface area contributed by atoms with Gasteiger partial charge in [0.1, 0.15) is 0 Å². The first kappa shape index (κ1) is 16.5. The summed E-state index contributed by atoms with van der Waals surface area (Å²) in [5, 5.41) is 8.05. The quantitative estimate of drug-likeness (QED) is 0.795. The summed E-state index contributed by atoms with van der Waals surface area (Å²) in [6.45, 7) is 1.96. The van der Waals surface area contributed by atoms with Crippen LogP contribution in [0.5, 0.6) is 0 Å². The van der Waals surface area contributed by atoms with Gasteiger partial charge in [-0.05, 0) is 44.0 Å². The monoisotopic (exact) mass is 321 g/mol. The number of sulfone groups is 1. The van der Waals surface area contributed by atoms with E-state index >= 15 is 0 Å². The van der Waals surface area contributed by atoms with Crippen LogP contribution >= 0.6 is 0 Å². The Morgan fingerprint density at radius 2 is 1.91 bits per heavy atom. The average molecular weight is 321 g/mol. The zero-order valence-electron chi connectivity index (χ0n) is 12.5. The Morgan fingerprint density at radius 3 is 2.50 bits per heavy atom. The molecule has 0 aromatic heterocycles. The molecular formula is C16H19NO4S. The number of nitrogens with zero attached hydrogens (tertiary/aromatic N) is 1. The lowest BCUT2D eigenvalue weighted by atomic mass is 9.89. The third-order valence-electron chi connectivity index (χ3n) is 4.00. The molecule has 0 amide bonds. The van der Waals surface area contributed by atoms with E-state index in [2.05, 4.69) is 0 Å². The Morgan fingerprint density at radius 1 is 1.27 bits per heavy atom. The number of carbonyl (C=O) groups excluding carboxylic acids is 1. The van der Waals surface area contributed by atoms with Crippen molar-refractivity contribution < 1.29 is 17.9 Å². The van der Waals surface area contributed by atoms with E-state index in [4.69, 9.17) is 10.00 Å². The van der Waals surface area contributed by atoms with Crippen molar-refractivity contribution >= 4 is 15.8 Å². The van der Waals surface area contributed by atoms with Gasteiger partial charge in [0.25, 0.3) is 0 Å². The van der Waals surface area contributed by atoms with Crippen LogP contribution in [0.3, 0.4) is 0 Å². The molecule has 0 bridgehead atoms. The highest BCUT2D eigenvalue weighted by atomic mass is 32.2. The van der Waals surface area contributed by atoms with Gasteiger partial charge in [0, 0.05) is 0 Å². The van der Waals surface area contributed by atoms with Crippen LogP contribution in [0, 0.1) is 17.2 Å². The highest BCUT2D eigenvalue weighted by Crippen LogP contribution is 2.34. The van der Waals surface area contributed by atoms with Crippen LogP contribution in [0.2, 0.25) is 0 Å². The molecule has 1 fully saturated rings. The largest absolute Gasteiger partial charge is 0.466 e. The molecule has 1 aliphatic carbocycles. The summed E-state index contributed by atoms with van der Waals surface area (Å²) < 4.78 is 30.7. The van der Waals surface area contributed by atoms with Gasteiger partial charge in [-0.25, -0.2) is 8.42 Å². The Bertz CT molecular complexity index is 673. The normalized spacial score (nSPS) is 21.8. The van der Waals surface area contributed by atoms with Crippen LogP contribution in [-0.4, -0.2) is 26.2 Å². The molecule has 1 aliphatic rings. The highest BCUT2D eigenvalue weighted by molar-refractivity contribution is 7.92. The van der Waals surface area contributed by atoms with Gasteiger partial charge < -0.3 is 4.74 Å². The van der Waals surface area contributed by atoms with Gasteiger partial charge in [0.05, 0.1) is 34.3 Å². The van der Waals surface area contributed by atoms with E-state index in [1.165, 1.54) is 24.3 Å².